The Hall–Kier alpha value is -1.72. The molecule has 0 saturated carbocycles. The summed E-state index contributed by atoms with van der Waals surface area (Å²) in [6.07, 6.45) is -12.3. The summed E-state index contributed by atoms with van der Waals surface area (Å²) >= 11 is 0. The highest BCUT2D eigenvalue weighted by Crippen LogP contribution is 2.36. The van der Waals surface area contributed by atoms with Crippen LogP contribution in [0.2, 0.25) is 0 Å². The Morgan fingerprint density at radius 3 is 2.21 bits per heavy atom. The first-order chi connectivity index (χ1) is 13.6. The SMILES string of the molecule is Nc1nc(=O)n([C@]2(O)O[C@H](CO)[C@@H](O)[C@H]2O)cc1C1O[C@H](CO)[C@@H](O)[C@H](O)[C@H]1O. The van der Waals surface area contributed by atoms with E-state index >= 15 is 0 Å². The van der Waals surface area contributed by atoms with Crippen LogP contribution in [0.25, 0.3) is 0 Å². The van der Waals surface area contributed by atoms with Crippen molar-refractivity contribution in [1.29, 1.82) is 0 Å². The van der Waals surface area contributed by atoms with Crippen molar-refractivity contribution in [2.75, 3.05) is 18.9 Å². The summed E-state index contributed by atoms with van der Waals surface area (Å²) < 4.78 is 10.8. The predicted molar refractivity (Wildman–Crippen MR) is 89.8 cm³/mol. The smallest absolute Gasteiger partial charge is 0.353 e. The second-order valence-electron chi connectivity index (χ2n) is 6.92. The molecule has 3 rings (SSSR count). The Labute approximate surface area is 162 Å². The van der Waals surface area contributed by atoms with E-state index in [0.29, 0.717) is 4.57 Å². The Morgan fingerprint density at radius 1 is 1.03 bits per heavy atom. The van der Waals surface area contributed by atoms with Crippen LogP contribution in [0, 0.1) is 0 Å². The number of rotatable bonds is 4. The normalized spacial score (nSPS) is 42.9. The summed E-state index contributed by atoms with van der Waals surface area (Å²) in [4.78, 5) is 15.7. The average molecular weight is 421 g/mol. The summed E-state index contributed by atoms with van der Waals surface area (Å²) in [5.74, 6) is -3.31. The van der Waals surface area contributed by atoms with Crippen LogP contribution in [0.1, 0.15) is 11.7 Å². The lowest BCUT2D eigenvalue weighted by atomic mass is 9.92. The molecule has 0 radical (unpaired) electrons. The lowest BCUT2D eigenvalue weighted by Crippen LogP contribution is -2.56. The number of nitrogen functional groups attached to an aromatic ring is 1. The number of anilines is 1. The molecule has 1 unspecified atom stereocenters. The third-order valence-electron chi connectivity index (χ3n) is 5.12. The minimum absolute atomic E-state index is 0.243. The van der Waals surface area contributed by atoms with E-state index in [0.717, 1.165) is 6.20 Å². The molecule has 0 amide bonds. The largest absolute Gasteiger partial charge is 0.394 e. The van der Waals surface area contributed by atoms with E-state index in [-0.39, 0.29) is 5.56 Å². The van der Waals surface area contributed by atoms with Gasteiger partial charge in [-0.1, -0.05) is 0 Å². The maximum absolute atomic E-state index is 12.3. The first kappa shape index (κ1) is 22.0. The molecule has 0 spiro atoms. The zero-order valence-corrected chi connectivity index (χ0v) is 14.9. The van der Waals surface area contributed by atoms with Crippen LogP contribution in [0.15, 0.2) is 11.0 Å². The maximum Gasteiger partial charge on any atom is 0.353 e. The Bertz CT molecular complexity index is 804. The third kappa shape index (κ3) is 3.42. The third-order valence-corrected chi connectivity index (χ3v) is 5.12. The van der Waals surface area contributed by atoms with Gasteiger partial charge in [0.15, 0.2) is 6.10 Å². The summed E-state index contributed by atoms with van der Waals surface area (Å²) in [5.41, 5.74) is 4.26. The number of aliphatic hydroxyl groups is 8. The highest BCUT2D eigenvalue weighted by molar-refractivity contribution is 5.40. The number of nitrogens with zero attached hydrogens (tertiary/aromatic N) is 2. The van der Waals surface area contributed by atoms with Gasteiger partial charge in [-0.15, -0.1) is 0 Å². The molecular weight excluding hydrogens is 398 g/mol. The monoisotopic (exact) mass is 421 g/mol. The van der Waals surface area contributed by atoms with Gasteiger partial charge in [0.05, 0.1) is 13.2 Å². The van der Waals surface area contributed by atoms with Gasteiger partial charge in [-0.05, 0) is 0 Å². The van der Waals surface area contributed by atoms with Gasteiger partial charge in [0.25, 0.3) is 5.91 Å². The van der Waals surface area contributed by atoms with E-state index < -0.39 is 79.5 Å². The van der Waals surface area contributed by atoms with Crippen LogP contribution in [0.5, 0.6) is 0 Å². The second kappa shape index (κ2) is 7.84. The first-order valence-corrected chi connectivity index (χ1v) is 8.64. The number of aromatic nitrogens is 2. The molecule has 2 saturated heterocycles. The van der Waals surface area contributed by atoms with Crippen molar-refractivity contribution in [1.82, 2.24) is 9.55 Å². The van der Waals surface area contributed by atoms with Crippen LogP contribution >= 0.6 is 0 Å². The van der Waals surface area contributed by atoms with Gasteiger partial charge in [-0.2, -0.15) is 4.98 Å². The molecular formula is C15H23N3O11. The molecule has 10 N–H and O–H groups in total. The highest BCUT2D eigenvalue weighted by atomic mass is 16.7. The van der Waals surface area contributed by atoms with Gasteiger partial charge in [0.1, 0.15) is 48.5 Å². The van der Waals surface area contributed by atoms with Crippen molar-refractivity contribution in [3.63, 3.8) is 0 Å². The number of hydrogen-bond donors (Lipinski definition) is 9. The van der Waals surface area contributed by atoms with Gasteiger partial charge < -0.3 is 56.1 Å². The zero-order chi connectivity index (χ0) is 21.7. The molecule has 1 aromatic rings. The number of aliphatic hydroxyl groups excluding tert-OH is 7. The van der Waals surface area contributed by atoms with Crippen molar-refractivity contribution >= 4 is 5.82 Å². The van der Waals surface area contributed by atoms with E-state index in [2.05, 4.69) is 4.98 Å². The quantitative estimate of drug-likeness (QED) is 0.220. The van der Waals surface area contributed by atoms with Gasteiger partial charge in [0.2, 0.25) is 0 Å². The minimum atomic E-state index is -2.84. The van der Waals surface area contributed by atoms with Crippen LogP contribution in [0.3, 0.4) is 0 Å². The molecule has 2 fully saturated rings. The average Bonchev–Trinajstić information content (AvgIpc) is 2.91. The van der Waals surface area contributed by atoms with Crippen molar-refractivity contribution in [2.24, 2.45) is 0 Å². The Morgan fingerprint density at radius 2 is 1.66 bits per heavy atom. The molecule has 14 heteroatoms. The standard InChI is InChI=1S/C15H23N3O11/c16-13-4(11-10(24)9(23)7(21)5(2-19)28-11)1-18(14(26)17-13)15(27)12(25)8(22)6(3-20)29-15/h1,5-12,19-25,27H,2-3H2,(H2,16,17,26)/t5-,6-,7-,8-,9+,10-,11?,12-,15-/m1/s1. The molecule has 2 aliphatic rings. The van der Waals surface area contributed by atoms with Crippen molar-refractivity contribution in [3.05, 3.63) is 22.2 Å². The fourth-order valence-corrected chi connectivity index (χ4v) is 3.42. The first-order valence-electron chi connectivity index (χ1n) is 8.64. The summed E-state index contributed by atoms with van der Waals surface area (Å²) in [7, 11) is 0. The van der Waals surface area contributed by atoms with Crippen molar-refractivity contribution < 1.29 is 50.3 Å². The highest BCUT2D eigenvalue weighted by Gasteiger charge is 2.56. The Kier molecular flexibility index (Phi) is 5.94. The molecule has 0 aliphatic carbocycles. The van der Waals surface area contributed by atoms with E-state index in [1.807, 2.05) is 0 Å². The second-order valence-corrected chi connectivity index (χ2v) is 6.92. The number of hydrogen-bond acceptors (Lipinski definition) is 13. The summed E-state index contributed by atoms with van der Waals surface area (Å²) in [5, 5.41) is 79.3. The van der Waals surface area contributed by atoms with Gasteiger partial charge in [0, 0.05) is 11.8 Å². The molecule has 9 atom stereocenters. The van der Waals surface area contributed by atoms with E-state index in [1.165, 1.54) is 0 Å². The van der Waals surface area contributed by atoms with Crippen LogP contribution in [0.4, 0.5) is 5.82 Å². The molecule has 3 heterocycles. The summed E-state index contributed by atoms with van der Waals surface area (Å²) in [6, 6.07) is 0. The molecule has 0 bridgehead atoms. The van der Waals surface area contributed by atoms with Crippen molar-refractivity contribution in [2.45, 2.75) is 54.7 Å². The zero-order valence-electron chi connectivity index (χ0n) is 14.9. The number of ether oxygens (including phenoxy) is 2. The summed E-state index contributed by atoms with van der Waals surface area (Å²) in [6.45, 7) is -1.50. The van der Waals surface area contributed by atoms with Gasteiger partial charge >= 0.3 is 5.69 Å². The van der Waals surface area contributed by atoms with E-state index in [4.69, 9.17) is 15.2 Å². The molecule has 1 aromatic heterocycles. The van der Waals surface area contributed by atoms with Gasteiger partial charge in [-0.25, -0.2) is 9.36 Å². The van der Waals surface area contributed by atoms with Crippen LogP contribution < -0.4 is 11.4 Å². The lowest BCUT2D eigenvalue weighted by Gasteiger charge is -2.40. The van der Waals surface area contributed by atoms with Gasteiger partial charge in [-0.3, -0.25) is 0 Å². The molecule has 2 aliphatic heterocycles. The predicted octanol–water partition coefficient (Wildman–Crippen LogP) is -5.94. The molecule has 0 aromatic carbocycles. The Balaban J connectivity index is 2.06. The van der Waals surface area contributed by atoms with Crippen molar-refractivity contribution in [3.8, 4) is 0 Å². The molecule has 164 valence electrons. The van der Waals surface area contributed by atoms with E-state index in [1.54, 1.807) is 0 Å². The van der Waals surface area contributed by atoms with Crippen LogP contribution in [-0.4, -0.2) is 106 Å². The minimum Gasteiger partial charge on any atom is -0.394 e. The fraction of sp³-hybridized carbons (Fsp3) is 0.733. The lowest BCUT2D eigenvalue weighted by molar-refractivity contribution is -0.291. The topological polar surface area (TPSA) is 241 Å². The molecule has 14 nitrogen and oxygen atoms in total. The van der Waals surface area contributed by atoms with Crippen LogP contribution in [-0.2, 0) is 15.4 Å². The van der Waals surface area contributed by atoms with E-state index in [9.17, 15) is 45.6 Å². The molecule has 29 heavy (non-hydrogen) atoms. The fourth-order valence-electron chi connectivity index (χ4n) is 3.42. The number of nitrogens with two attached hydrogens (primary N) is 1. The maximum atomic E-state index is 12.3.